The molecule has 0 bridgehead atoms. The lowest BCUT2D eigenvalue weighted by atomic mass is 10.1. The van der Waals surface area contributed by atoms with Crippen LogP contribution >= 0.6 is 0 Å². The van der Waals surface area contributed by atoms with Crippen molar-refractivity contribution in [1.29, 1.82) is 0 Å². The van der Waals surface area contributed by atoms with Crippen molar-refractivity contribution in [2.45, 2.75) is 0 Å². The Hall–Kier alpha value is -1.71. The van der Waals surface area contributed by atoms with Crippen molar-refractivity contribution in [2.24, 2.45) is 0 Å². The molecular formula is C9H7FO3. The van der Waals surface area contributed by atoms with E-state index in [-0.39, 0.29) is 11.1 Å². The number of hydrogen-bond donors (Lipinski definition) is 0. The lowest BCUT2D eigenvalue weighted by Gasteiger charge is -2.02. The number of aldehydes is 1. The van der Waals surface area contributed by atoms with Crippen molar-refractivity contribution >= 4 is 12.3 Å². The molecule has 0 saturated carbocycles. The van der Waals surface area contributed by atoms with Gasteiger partial charge in [0.15, 0.2) is 6.29 Å². The molecule has 0 amide bonds. The van der Waals surface area contributed by atoms with E-state index in [0.717, 1.165) is 13.2 Å². The average Bonchev–Trinajstić information content (AvgIpc) is 2.16. The summed E-state index contributed by atoms with van der Waals surface area (Å²) in [5, 5.41) is 0. The number of ether oxygens (including phenoxy) is 1. The zero-order valence-electron chi connectivity index (χ0n) is 6.91. The first-order valence-electron chi connectivity index (χ1n) is 3.52. The SMILES string of the molecule is COC(=O)c1c(F)cccc1C=O. The van der Waals surface area contributed by atoms with Crippen molar-refractivity contribution in [3.8, 4) is 0 Å². The molecule has 0 aliphatic rings. The Labute approximate surface area is 74.1 Å². The van der Waals surface area contributed by atoms with Gasteiger partial charge in [0.25, 0.3) is 0 Å². The number of hydrogen-bond acceptors (Lipinski definition) is 3. The third-order valence-electron chi connectivity index (χ3n) is 1.56. The molecule has 1 aromatic carbocycles. The van der Waals surface area contributed by atoms with Gasteiger partial charge in [-0.15, -0.1) is 0 Å². The third-order valence-corrected chi connectivity index (χ3v) is 1.56. The molecule has 0 N–H and O–H groups in total. The molecule has 0 heterocycles. The molecule has 1 aromatic rings. The maximum atomic E-state index is 13.0. The number of halogens is 1. The molecule has 13 heavy (non-hydrogen) atoms. The molecule has 4 heteroatoms. The fourth-order valence-electron chi connectivity index (χ4n) is 0.956. The molecule has 0 fully saturated rings. The summed E-state index contributed by atoms with van der Waals surface area (Å²) in [7, 11) is 1.13. The number of carbonyl (C=O) groups is 2. The minimum absolute atomic E-state index is 0.00755. The van der Waals surface area contributed by atoms with Gasteiger partial charge in [-0.1, -0.05) is 12.1 Å². The Bertz CT molecular complexity index is 347. The minimum Gasteiger partial charge on any atom is -0.465 e. The van der Waals surface area contributed by atoms with Crippen LogP contribution in [0.25, 0.3) is 0 Å². The molecule has 0 aliphatic carbocycles. The van der Waals surface area contributed by atoms with E-state index in [0.29, 0.717) is 6.29 Å². The highest BCUT2D eigenvalue weighted by Gasteiger charge is 2.16. The normalized spacial score (nSPS) is 9.38. The first-order chi connectivity index (χ1) is 6.20. The summed E-state index contributed by atoms with van der Waals surface area (Å²) in [5.74, 6) is -1.60. The predicted octanol–water partition coefficient (Wildman–Crippen LogP) is 1.42. The van der Waals surface area contributed by atoms with Crippen LogP contribution in [-0.4, -0.2) is 19.4 Å². The topological polar surface area (TPSA) is 43.4 Å². The van der Waals surface area contributed by atoms with E-state index in [9.17, 15) is 14.0 Å². The summed E-state index contributed by atoms with van der Waals surface area (Å²) < 4.78 is 17.3. The van der Waals surface area contributed by atoms with Gasteiger partial charge in [0.05, 0.1) is 7.11 Å². The number of benzene rings is 1. The fraction of sp³-hybridized carbons (Fsp3) is 0.111. The van der Waals surface area contributed by atoms with Crippen LogP contribution in [0.5, 0.6) is 0 Å². The minimum atomic E-state index is -0.847. The predicted molar refractivity (Wildman–Crippen MR) is 43.1 cm³/mol. The standard InChI is InChI=1S/C9H7FO3/c1-13-9(12)8-6(5-11)3-2-4-7(8)10/h2-5H,1H3. The van der Waals surface area contributed by atoms with Gasteiger partial charge in [-0.25, -0.2) is 9.18 Å². The molecule has 68 valence electrons. The fourth-order valence-corrected chi connectivity index (χ4v) is 0.956. The van der Waals surface area contributed by atoms with E-state index < -0.39 is 11.8 Å². The van der Waals surface area contributed by atoms with E-state index in [1.54, 1.807) is 0 Å². The van der Waals surface area contributed by atoms with E-state index in [1.807, 2.05) is 0 Å². The number of esters is 1. The molecular weight excluding hydrogens is 175 g/mol. The van der Waals surface area contributed by atoms with Crippen molar-refractivity contribution in [3.63, 3.8) is 0 Å². The Morgan fingerprint density at radius 3 is 2.77 bits per heavy atom. The van der Waals surface area contributed by atoms with Gasteiger partial charge >= 0.3 is 5.97 Å². The maximum Gasteiger partial charge on any atom is 0.341 e. The highest BCUT2D eigenvalue weighted by molar-refractivity contribution is 5.98. The molecule has 0 saturated heterocycles. The zero-order chi connectivity index (χ0) is 9.84. The first-order valence-corrected chi connectivity index (χ1v) is 3.52. The Kier molecular flexibility index (Phi) is 2.74. The smallest absolute Gasteiger partial charge is 0.341 e. The summed E-state index contributed by atoms with van der Waals surface area (Å²) in [6.07, 6.45) is 0.412. The second kappa shape index (κ2) is 3.80. The van der Waals surface area contributed by atoms with Gasteiger partial charge in [-0.2, -0.15) is 0 Å². The highest BCUT2D eigenvalue weighted by Crippen LogP contribution is 2.12. The van der Waals surface area contributed by atoms with Gasteiger partial charge in [0, 0.05) is 5.56 Å². The van der Waals surface area contributed by atoms with Crippen LogP contribution in [0.1, 0.15) is 20.7 Å². The van der Waals surface area contributed by atoms with Gasteiger partial charge in [-0.05, 0) is 6.07 Å². The summed E-state index contributed by atoms with van der Waals surface area (Å²) >= 11 is 0. The molecule has 0 aromatic heterocycles. The van der Waals surface area contributed by atoms with Crippen LogP contribution in [0, 0.1) is 5.82 Å². The van der Waals surface area contributed by atoms with E-state index in [1.165, 1.54) is 12.1 Å². The second-order valence-electron chi connectivity index (χ2n) is 2.31. The van der Waals surface area contributed by atoms with Gasteiger partial charge in [0.1, 0.15) is 11.4 Å². The molecule has 1 rings (SSSR count). The van der Waals surface area contributed by atoms with Crippen LogP contribution in [0.3, 0.4) is 0 Å². The van der Waals surface area contributed by atoms with Gasteiger partial charge in [0.2, 0.25) is 0 Å². The van der Waals surface area contributed by atoms with Crippen molar-refractivity contribution in [3.05, 3.63) is 35.1 Å². The van der Waals surface area contributed by atoms with Crippen LogP contribution in [0.15, 0.2) is 18.2 Å². The number of carbonyl (C=O) groups excluding carboxylic acids is 2. The van der Waals surface area contributed by atoms with Crippen LogP contribution < -0.4 is 0 Å². The highest BCUT2D eigenvalue weighted by atomic mass is 19.1. The van der Waals surface area contributed by atoms with Crippen LogP contribution in [0.4, 0.5) is 4.39 Å². The quantitative estimate of drug-likeness (QED) is 0.513. The number of rotatable bonds is 2. The summed E-state index contributed by atoms with van der Waals surface area (Å²) in [6.45, 7) is 0. The van der Waals surface area contributed by atoms with Gasteiger partial charge in [-0.3, -0.25) is 4.79 Å². The van der Waals surface area contributed by atoms with Crippen molar-refractivity contribution in [2.75, 3.05) is 7.11 Å². The first kappa shape index (κ1) is 9.38. The van der Waals surface area contributed by atoms with Crippen molar-refractivity contribution in [1.82, 2.24) is 0 Å². The Balaban J connectivity index is 3.30. The molecule has 0 unspecified atom stereocenters. The Morgan fingerprint density at radius 1 is 1.54 bits per heavy atom. The zero-order valence-corrected chi connectivity index (χ0v) is 6.91. The van der Waals surface area contributed by atoms with E-state index >= 15 is 0 Å². The van der Waals surface area contributed by atoms with Crippen molar-refractivity contribution < 1.29 is 18.7 Å². The monoisotopic (exact) mass is 182 g/mol. The summed E-state index contributed by atoms with van der Waals surface area (Å²) in [6, 6.07) is 3.80. The molecule has 0 radical (unpaired) electrons. The third kappa shape index (κ3) is 1.72. The molecule has 3 nitrogen and oxygen atoms in total. The van der Waals surface area contributed by atoms with E-state index in [2.05, 4.69) is 4.74 Å². The largest absolute Gasteiger partial charge is 0.465 e. The lowest BCUT2D eigenvalue weighted by molar-refractivity contribution is 0.0593. The van der Waals surface area contributed by atoms with Crippen LogP contribution in [0.2, 0.25) is 0 Å². The molecule has 0 atom stereocenters. The molecule has 0 spiro atoms. The van der Waals surface area contributed by atoms with Crippen LogP contribution in [-0.2, 0) is 4.74 Å². The summed E-state index contributed by atoms with van der Waals surface area (Å²) in [4.78, 5) is 21.4. The molecule has 0 aliphatic heterocycles. The average molecular weight is 182 g/mol. The second-order valence-corrected chi connectivity index (χ2v) is 2.31. The Morgan fingerprint density at radius 2 is 2.23 bits per heavy atom. The summed E-state index contributed by atoms with van der Waals surface area (Å²) in [5.41, 5.74) is -0.327. The van der Waals surface area contributed by atoms with Gasteiger partial charge < -0.3 is 4.74 Å². The lowest BCUT2D eigenvalue weighted by Crippen LogP contribution is -2.08. The maximum absolute atomic E-state index is 13.0. The van der Waals surface area contributed by atoms with E-state index in [4.69, 9.17) is 0 Å². The number of methoxy groups -OCH3 is 1.